The van der Waals surface area contributed by atoms with E-state index in [4.69, 9.17) is 9.47 Å². The molecule has 0 aliphatic rings. The maximum Gasteiger partial charge on any atom is 0.251 e. The molecule has 0 unspecified atom stereocenters. The number of aryl methyl sites for hydroxylation is 2. The number of carbonyl (C=O) groups excluding carboxylic acids is 1. The molecule has 0 atom stereocenters. The minimum absolute atomic E-state index is 0.121. The molecule has 0 saturated heterocycles. The molecule has 3 rings (SSSR count). The highest BCUT2D eigenvalue weighted by molar-refractivity contribution is 5.94. The van der Waals surface area contributed by atoms with Crippen molar-refractivity contribution in [2.24, 2.45) is 0 Å². The Morgan fingerprint density at radius 3 is 2.41 bits per heavy atom. The van der Waals surface area contributed by atoms with Crippen molar-refractivity contribution in [2.45, 2.75) is 33.9 Å². The van der Waals surface area contributed by atoms with Crippen molar-refractivity contribution in [1.82, 2.24) is 5.32 Å². The summed E-state index contributed by atoms with van der Waals surface area (Å²) in [4.78, 5) is 12.6. The molecular formula is C25H27NO3. The summed E-state index contributed by atoms with van der Waals surface area (Å²) in [5.41, 5.74) is 4.90. The normalized spacial score (nSPS) is 10.4. The predicted octanol–water partition coefficient (Wildman–Crippen LogP) is 5.21. The van der Waals surface area contributed by atoms with Crippen LogP contribution in [0.1, 0.15) is 39.5 Å². The van der Waals surface area contributed by atoms with Crippen LogP contribution < -0.4 is 14.8 Å². The molecule has 0 aromatic heterocycles. The second-order valence-electron chi connectivity index (χ2n) is 6.96. The van der Waals surface area contributed by atoms with Crippen molar-refractivity contribution in [3.8, 4) is 11.5 Å². The summed E-state index contributed by atoms with van der Waals surface area (Å²) in [6.07, 6.45) is 0. The van der Waals surface area contributed by atoms with Gasteiger partial charge in [0.1, 0.15) is 18.1 Å². The van der Waals surface area contributed by atoms with Gasteiger partial charge in [0.05, 0.1) is 6.61 Å². The molecule has 0 fully saturated rings. The van der Waals surface area contributed by atoms with Crippen molar-refractivity contribution in [2.75, 3.05) is 6.61 Å². The highest BCUT2D eigenvalue weighted by Gasteiger charge is 2.12. The Morgan fingerprint density at radius 1 is 0.897 bits per heavy atom. The molecule has 0 bridgehead atoms. The number of amides is 1. The lowest BCUT2D eigenvalue weighted by Crippen LogP contribution is -2.23. The first-order valence-corrected chi connectivity index (χ1v) is 9.84. The lowest BCUT2D eigenvalue weighted by atomic mass is 10.1. The number of carbonyl (C=O) groups is 1. The number of rotatable bonds is 8. The molecule has 0 radical (unpaired) electrons. The monoisotopic (exact) mass is 389 g/mol. The van der Waals surface area contributed by atoms with E-state index < -0.39 is 0 Å². The minimum atomic E-state index is -0.121. The van der Waals surface area contributed by atoms with E-state index in [0.29, 0.717) is 25.3 Å². The van der Waals surface area contributed by atoms with Crippen molar-refractivity contribution in [3.05, 3.63) is 94.5 Å². The Balaban J connectivity index is 1.72. The van der Waals surface area contributed by atoms with E-state index >= 15 is 0 Å². The molecule has 150 valence electrons. The lowest BCUT2D eigenvalue weighted by Gasteiger charge is -2.14. The Hall–Kier alpha value is -3.27. The zero-order chi connectivity index (χ0) is 20.6. The predicted molar refractivity (Wildman–Crippen MR) is 115 cm³/mol. The van der Waals surface area contributed by atoms with Gasteiger partial charge in [-0.15, -0.1) is 0 Å². The van der Waals surface area contributed by atoms with Gasteiger partial charge >= 0.3 is 0 Å². The topological polar surface area (TPSA) is 47.6 Å². The summed E-state index contributed by atoms with van der Waals surface area (Å²) >= 11 is 0. The fraction of sp³-hybridized carbons (Fsp3) is 0.240. The Kier molecular flexibility index (Phi) is 6.90. The number of ether oxygens (including phenoxy) is 2. The van der Waals surface area contributed by atoms with E-state index in [2.05, 4.69) is 19.2 Å². The molecule has 0 spiro atoms. The van der Waals surface area contributed by atoms with E-state index in [1.54, 1.807) is 6.07 Å². The molecule has 0 aliphatic carbocycles. The zero-order valence-electron chi connectivity index (χ0n) is 17.2. The van der Waals surface area contributed by atoms with Gasteiger partial charge in [0.15, 0.2) is 0 Å². The van der Waals surface area contributed by atoms with Crippen molar-refractivity contribution < 1.29 is 14.3 Å². The van der Waals surface area contributed by atoms with Gasteiger partial charge in [0.25, 0.3) is 5.91 Å². The van der Waals surface area contributed by atoms with Gasteiger partial charge in [-0.25, -0.2) is 0 Å². The molecule has 3 aromatic rings. The smallest absolute Gasteiger partial charge is 0.251 e. The first kappa shape index (κ1) is 20.5. The third-order valence-electron chi connectivity index (χ3n) is 4.79. The molecule has 1 N–H and O–H groups in total. The summed E-state index contributed by atoms with van der Waals surface area (Å²) in [6.45, 7) is 7.44. The molecule has 29 heavy (non-hydrogen) atoms. The summed E-state index contributed by atoms with van der Waals surface area (Å²) in [7, 11) is 0. The standard InChI is InChI=1S/C25H27NO3/c1-4-28-24-13-11-21(25(27)26-16-20-8-6-5-7-9-20)15-22(24)17-29-23-12-10-18(2)19(3)14-23/h5-15H,4,16-17H2,1-3H3,(H,26,27). The minimum Gasteiger partial charge on any atom is -0.493 e. The number of nitrogens with one attached hydrogen (secondary N) is 1. The van der Waals surface area contributed by atoms with E-state index in [9.17, 15) is 4.79 Å². The van der Waals surface area contributed by atoms with E-state index in [1.165, 1.54) is 11.1 Å². The first-order chi connectivity index (χ1) is 14.1. The van der Waals surface area contributed by atoms with E-state index in [1.807, 2.05) is 67.6 Å². The van der Waals surface area contributed by atoms with Crippen LogP contribution in [-0.4, -0.2) is 12.5 Å². The van der Waals surface area contributed by atoms with Crippen LogP contribution in [0.25, 0.3) is 0 Å². The molecule has 0 aliphatic heterocycles. The van der Waals surface area contributed by atoms with Gasteiger partial charge < -0.3 is 14.8 Å². The van der Waals surface area contributed by atoms with Gasteiger partial charge in [0, 0.05) is 17.7 Å². The van der Waals surface area contributed by atoms with Crippen molar-refractivity contribution in [3.63, 3.8) is 0 Å². The molecule has 4 nitrogen and oxygen atoms in total. The highest BCUT2D eigenvalue weighted by atomic mass is 16.5. The summed E-state index contributed by atoms with van der Waals surface area (Å²) in [6, 6.07) is 21.3. The Bertz CT molecular complexity index is 967. The van der Waals surface area contributed by atoms with Gasteiger partial charge in [-0.3, -0.25) is 4.79 Å². The first-order valence-electron chi connectivity index (χ1n) is 9.84. The third-order valence-corrected chi connectivity index (χ3v) is 4.79. The summed E-state index contributed by atoms with van der Waals surface area (Å²) < 4.78 is 11.7. The van der Waals surface area contributed by atoms with Crippen LogP contribution in [0.15, 0.2) is 66.7 Å². The average Bonchev–Trinajstić information content (AvgIpc) is 2.74. The van der Waals surface area contributed by atoms with Crippen LogP contribution in [0.2, 0.25) is 0 Å². The zero-order valence-corrected chi connectivity index (χ0v) is 17.2. The van der Waals surface area contributed by atoms with Crippen LogP contribution in [0, 0.1) is 13.8 Å². The fourth-order valence-electron chi connectivity index (χ4n) is 2.97. The molecule has 3 aromatic carbocycles. The third kappa shape index (κ3) is 5.61. The van der Waals surface area contributed by atoms with Gasteiger partial charge in [-0.2, -0.15) is 0 Å². The SMILES string of the molecule is CCOc1ccc(C(=O)NCc2ccccc2)cc1COc1ccc(C)c(C)c1. The second kappa shape index (κ2) is 9.78. The maximum atomic E-state index is 12.6. The Labute approximate surface area is 172 Å². The maximum absolute atomic E-state index is 12.6. The van der Waals surface area contributed by atoms with Crippen LogP contribution in [0.5, 0.6) is 11.5 Å². The largest absolute Gasteiger partial charge is 0.493 e. The van der Waals surface area contributed by atoms with Crippen molar-refractivity contribution in [1.29, 1.82) is 0 Å². The van der Waals surface area contributed by atoms with Crippen molar-refractivity contribution >= 4 is 5.91 Å². The molecule has 0 heterocycles. The van der Waals surface area contributed by atoms with Crippen LogP contribution in [-0.2, 0) is 13.2 Å². The van der Waals surface area contributed by atoms with Crippen LogP contribution in [0.4, 0.5) is 0 Å². The summed E-state index contributed by atoms with van der Waals surface area (Å²) in [5, 5.41) is 2.96. The quantitative estimate of drug-likeness (QED) is 0.575. The Morgan fingerprint density at radius 2 is 1.69 bits per heavy atom. The second-order valence-corrected chi connectivity index (χ2v) is 6.96. The van der Waals surface area contributed by atoms with Gasteiger partial charge in [0.2, 0.25) is 0 Å². The van der Waals surface area contributed by atoms with Crippen LogP contribution >= 0.6 is 0 Å². The number of hydrogen-bond donors (Lipinski definition) is 1. The number of benzene rings is 3. The average molecular weight is 389 g/mol. The fourth-order valence-corrected chi connectivity index (χ4v) is 2.97. The van der Waals surface area contributed by atoms with Crippen LogP contribution in [0.3, 0.4) is 0 Å². The molecule has 0 saturated carbocycles. The molecule has 4 heteroatoms. The summed E-state index contributed by atoms with van der Waals surface area (Å²) in [5.74, 6) is 1.41. The van der Waals surface area contributed by atoms with Gasteiger partial charge in [-0.05, 0) is 67.8 Å². The molecule has 1 amide bonds. The van der Waals surface area contributed by atoms with E-state index in [0.717, 1.165) is 22.6 Å². The van der Waals surface area contributed by atoms with Gasteiger partial charge in [-0.1, -0.05) is 36.4 Å². The molecular weight excluding hydrogens is 362 g/mol. The lowest BCUT2D eigenvalue weighted by molar-refractivity contribution is 0.0950. The highest BCUT2D eigenvalue weighted by Crippen LogP contribution is 2.24. The number of hydrogen-bond acceptors (Lipinski definition) is 3. The van der Waals surface area contributed by atoms with E-state index in [-0.39, 0.29) is 5.91 Å².